The minimum atomic E-state index is -0.760. The molecule has 11 heteroatoms. The van der Waals surface area contributed by atoms with Gasteiger partial charge in [0.25, 0.3) is 11.2 Å². The third kappa shape index (κ3) is 4.40. The molecule has 1 aromatic heterocycles. The van der Waals surface area contributed by atoms with Gasteiger partial charge in [0.2, 0.25) is 0 Å². The lowest BCUT2D eigenvalue weighted by atomic mass is 9.96. The Bertz CT molecular complexity index is 1550. The summed E-state index contributed by atoms with van der Waals surface area (Å²) < 4.78 is 17.4. The molecule has 4 rings (SSSR count). The number of nitro groups is 1. The Labute approximate surface area is 209 Å². The summed E-state index contributed by atoms with van der Waals surface area (Å²) in [5, 5.41) is 11.8. The number of allylic oxidation sites excluding steroid dienone is 1. The smallest absolute Gasteiger partial charge is 0.338 e. The van der Waals surface area contributed by atoms with Gasteiger partial charge < -0.3 is 14.2 Å². The van der Waals surface area contributed by atoms with Crippen LogP contribution in [0.1, 0.15) is 31.0 Å². The summed E-state index contributed by atoms with van der Waals surface area (Å²) in [6.45, 7) is 3.57. The van der Waals surface area contributed by atoms with Crippen LogP contribution in [0.2, 0.25) is 0 Å². The monoisotopic (exact) mass is 509 g/mol. The highest BCUT2D eigenvalue weighted by Crippen LogP contribution is 2.35. The van der Waals surface area contributed by atoms with Crippen molar-refractivity contribution in [3.8, 4) is 11.5 Å². The molecule has 3 aromatic rings. The standard InChI is InChI=1S/C25H23N3O7S/c1-5-35-24(30)21-14(2)26-25-27(22(21)15-9-7-6-8-10-15)23(29)20(36-25)12-16-11-18(33-3)19(34-4)13-17(16)28(31)32/h6-13,22H,5H2,1-4H3/b20-12-/t22-/m0/s1. The van der Waals surface area contributed by atoms with E-state index in [4.69, 9.17) is 14.2 Å². The highest BCUT2D eigenvalue weighted by atomic mass is 32.1. The number of benzene rings is 2. The number of hydrogen-bond acceptors (Lipinski definition) is 9. The van der Waals surface area contributed by atoms with E-state index in [-0.39, 0.29) is 39.5 Å². The molecule has 1 atom stereocenters. The van der Waals surface area contributed by atoms with Crippen LogP contribution in [0.25, 0.3) is 6.08 Å². The minimum Gasteiger partial charge on any atom is -0.493 e. The normalized spacial score (nSPS) is 15.2. The molecule has 0 unspecified atom stereocenters. The number of rotatable bonds is 7. The SMILES string of the molecule is CCOC(=O)C1=C(C)N=c2s/c(=C\c3cc(OC)c(OC)cc3[N+](=O)[O-])c(=O)n2[C@H]1c1ccccc1. The van der Waals surface area contributed by atoms with Crippen molar-refractivity contribution in [2.75, 3.05) is 20.8 Å². The van der Waals surface area contributed by atoms with Gasteiger partial charge in [-0.05, 0) is 31.6 Å². The molecule has 0 N–H and O–H groups in total. The second kappa shape index (κ2) is 10.2. The van der Waals surface area contributed by atoms with Gasteiger partial charge in [-0.25, -0.2) is 9.79 Å². The maximum atomic E-state index is 13.7. The van der Waals surface area contributed by atoms with E-state index in [0.29, 0.717) is 16.1 Å². The highest BCUT2D eigenvalue weighted by Gasteiger charge is 2.33. The summed E-state index contributed by atoms with van der Waals surface area (Å²) in [5.74, 6) is -0.0799. The zero-order chi connectivity index (χ0) is 26.0. The van der Waals surface area contributed by atoms with E-state index < -0.39 is 22.5 Å². The van der Waals surface area contributed by atoms with Gasteiger partial charge in [0, 0.05) is 0 Å². The Kier molecular flexibility index (Phi) is 7.02. The van der Waals surface area contributed by atoms with Crippen molar-refractivity contribution in [3.05, 3.63) is 94.7 Å². The molecule has 0 saturated carbocycles. The van der Waals surface area contributed by atoms with Crippen molar-refractivity contribution < 1.29 is 23.9 Å². The Morgan fingerprint density at radius 3 is 2.47 bits per heavy atom. The maximum Gasteiger partial charge on any atom is 0.338 e. The van der Waals surface area contributed by atoms with Crippen molar-refractivity contribution in [2.24, 2.45) is 4.99 Å². The summed E-state index contributed by atoms with van der Waals surface area (Å²) in [4.78, 5) is 42.7. The molecule has 2 heterocycles. The molecule has 186 valence electrons. The molecule has 0 amide bonds. The molecule has 0 bridgehead atoms. The van der Waals surface area contributed by atoms with E-state index in [1.165, 1.54) is 37.0 Å². The van der Waals surface area contributed by atoms with E-state index in [0.717, 1.165) is 11.3 Å². The summed E-state index contributed by atoms with van der Waals surface area (Å²) in [7, 11) is 2.80. The van der Waals surface area contributed by atoms with Crippen LogP contribution in [0.3, 0.4) is 0 Å². The Morgan fingerprint density at radius 2 is 1.86 bits per heavy atom. The molecular weight excluding hydrogens is 486 g/mol. The topological polar surface area (TPSA) is 122 Å². The number of nitro benzene ring substituents is 1. The van der Waals surface area contributed by atoms with Crippen LogP contribution in [-0.2, 0) is 9.53 Å². The third-order valence-electron chi connectivity index (χ3n) is 5.65. The van der Waals surface area contributed by atoms with Crippen molar-refractivity contribution in [2.45, 2.75) is 19.9 Å². The first-order chi connectivity index (χ1) is 17.3. The largest absolute Gasteiger partial charge is 0.493 e. The van der Waals surface area contributed by atoms with E-state index >= 15 is 0 Å². The molecule has 0 aliphatic carbocycles. The number of nitrogens with zero attached hydrogens (tertiary/aromatic N) is 3. The molecule has 1 aliphatic heterocycles. The van der Waals surface area contributed by atoms with Crippen molar-refractivity contribution in [3.63, 3.8) is 0 Å². The van der Waals surface area contributed by atoms with Gasteiger partial charge in [-0.3, -0.25) is 19.5 Å². The van der Waals surface area contributed by atoms with Crippen molar-refractivity contribution in [1.82, 2.24) is 4.57 Å². The number of fused-ring (bicyclic) bond motifs is 1. The van der Waals surface area contributed by atoms with E-state index in [9.17, 15) is 19.7 Å². The number of carbonyl (C=O) groups excluding carboxylic acids is 1. The fourth-order valence-corrected chi connectivity index (χ4v) is 5.08. The van der Waals surface area contributed by atoms with Gasteiger partial charge in [0.1, 0.15) is 0 Å². The molecule has 1 aliphatic rings. The molecular formula is C25H23N3O7S. The van der Waals surface area contributed by atoms with Crippen molar-refractivity contribution in [1.29, 1.82) is 0 Å². The third-order valence-corrected chi connectivity index (χ3v) is 6.63. The quantitative estimate of drug-likeness (QED) is 0.273. The molecule has 2 aromatic carbocycles. The van der Waals surface area contributed by atoms with Crippen LogP contribution in [0.4, 0.5) is 5.69 Å². The Hall–Kier alpha value is -4.25. The number of esters is 1. The van der Waals surface area contributed by atoms with Crippen molar-refractivity contribution >= 4 is 29.1 Å². The van der Waals surface area contributed by atoms with Crippen LogP contribution in [0.5, 0.6) is 11.5 Å². The first kappa shape index (κ1) is 24.9. The lowest BCUT2D eigenvalue weighted by Crippen LogP contribution is -2.39. The predicted molar refractivity (Wildman–Crippen MR) is 133 cm³/mol. The van der Waals surface area contributed by atoms with E-state index in [1.54, 1.807) is 13.8 Å². The number of ether oxygens (including phenoxy) is 3. The summed E-state index contributed by atoms with van der Waals surface area (Å²) >= 11 is 1.08. The van der Waals surface area contributed by atoms with Crippen LogP contribution in [0, 0.1) is 10.1 Å². The predicted octanol–water partition coefficient (Wildman–Crippen LogP) is 2.72. The fourth-order valence-electron chi connectivity index (χ4n) is 4.04. The van der Waals surface area contributed by atoms with Gasteiger partial charge in [-0.2, -0.15) is 0 Å². The van der Waals surface area contributed by atoms with Crippen LogP contribution < -0.4 is 24.4 Å². The number of thiazole rings is 1. The molecule has 0 saturated heterocycles. The molecule has 10 nitrogen and oxygen atoms in total. The van der Waals surface area contributed by atoms with E-state index in [2.05, 4.69) is 4.99 Å². The van der Waals surface area contributed by atoms with Gasteiger partial charge >= 0.3 is 5.97 Å². The zero-order valence-corrected chi connectivity index (χ0v) is 20.8. The van der Waals surface area contributed by atoms with Crippen LogP contribution in [0.15, 0.2) is 63.5 Å². The summed E-state index contributed by atoms with van der Waals surface area (Å²) in [6.07, 6.45) is 1.43. The number of methoxy groups -OCH3 is 2. The second-order valence-corrected chi connectivity index (χ2v) is 8.75. The van der Waals surface area contributed by atoms with Gasteiger partial charge in [0.05, 0.1) is 59.2 Å². The number of aromatic nitrogens is 1. The molecule has 0 fully saturated rings. The summed E-state index contributed by atoms with van der Waals surface area (Å²) in [5.41, 5.74) is 0.888. The molecule has 36 heavy (non-hydrogen) atoms. The average molecular weight is 510 g/mol. The highest BCUT2D eigenvalue weighted by molar-refractivity contribution is 7.07. The second-order valence-electron chi connectivity index (χ2n) is 7.74. The minimum absolute atomic E-state index is 0.167. The Balaban J connectivity index is 1.98. The van der Waals surface area contributed by atoms with Crippen LogP contribution in [-0.4, -0.2) is 36.3 Å². The fraction of sp³-hybridized carbons (Fsp3) is 0.240. The molecule has 0 spiro atoms. The van der Waals surface area contributed by atoms with Gasteiger partial charge in [-0.1, -0.05) is 41.7 Å². The van der Waals surface area contributed by atoms with Crippen LogP contribution >= 0.6 is 11.3 Å². The van der Waals surface area contributed by atoms with E-state index in [1.807, 2.05) is 30.3 Å². The first-order valence-electron chi connectivity index (χ1n) is 11.0. The summed E-state index contributed by atoms with van der Waals surface area (Å²) in [6, 6.07) is 11.0. The number of hydrogen-bond donors (Lipinski definition) is 0. The average Bonchev–Trinajstić information content (AvgIpc) is 3.17. The zero-order valence-electron chi connectivity index (χ0n) is 20.0. The lowest BCUT2D eigenvalue weighted by molar-refractivity contribution is -0.385. The van der Waals surface area contributed by atoms with Gasteiger partial charge in [0.15, 0.2) is 16.3 Å². The number of carbonyl (C=O) groups is 1. The lowest BCUT2D eigenvalue weighted by Gasteiger charge is -2.24. The molecule has 0 radical (unpaired) electrons. The maximum absolute atomic E-state index is 13.7. The Morgan fingerprint density at radius 1 is 1.19 bits per heavy atom. The van der Waals surface area contributed by atoms with Gasteiger partial charge in [-0.15, -0.1) is 0 Å². The first-order valence-corrected chi connectivity index (χ1v) is 11.8.